The van der Waals surface area contributed by atoms with Crippen molar-refractivity contribution in [2.75, 3.05) is 10.6 Å². The maximum atomic E-state index is 12.6. The van der Waals surface area contributed by atoms with Gasteiger partial charge in [-0.2, -0.15) is 5.10 Å². The third-order valence-corrected chi connectivity index (χ3v) is 5.53. The summed E-state index contributed by atoms with van der Waals surface area (Å²) in [6, 6.07) is 16.2. The van der Waals surface area contributed by atoms with Crippen LogP contribution in [-0.4, -0.2) is 36.8 Å². The molecular weight excluding hydrogens is 428 g/mol. The summed E-state index contributed by atoms with van der Waals surface area (Å²) in [6.07, 6.45) is 1.48. The number of H-pyrrole nitrogens is 1. The minimum absolute atomic E-state index is 0.168. The molecule has 0 fully saturated rings. The van der Waals surface area contributed by atoms with Crippen LogP contribution in [0.25, 0.3) is 16.7 Å². The SMILES string of the molecule is CC(=O)Nc1ccc(NC(=O)C(C)Sc2nc3c(cnn3-c3ccccc3)c(=O)[nH]2)cc1. The summed E-state index contributed by atoms with van der Waals surface area (Å²) in [4.78, 5) is 43.5. The number of hydrogen-bond acceptors (Lipinski definition) is 6. The minimum atomic E-state index is -0.529. The number of amides is 2. The fourth-order valence-corrected chi connectivity index (χ4v) is 3.81. The summed E-state index contributed by atoms with van der Waals surface area (Å²) in [5.74, 6) is -0.416. The van der Waals surface area contributed by atoms with E-state index in [0.29, 0.717) is 27.6 Å². The summed E-state index contributed by atoms with van der Waals surface area (Å²) in [7, 11) is 0. The molecule has 0 radical (unpaired) electrons. The molecular formula is C22H20N6O3S. The van der Waals surface area contributed by atoms with Crippen molar-refractivity contribution in [2.24, 2.45) is 0 Å². The average molecular weight is 449 g/mol. The molecule has 0 aliphatic rings. The smallest absolute Gasteiger partial charge is 0.262 e. The Hall–Kier alpha value is -3.92. The highest BCUT2D eigenvalue weighted by atomic mass is 32.2. The number of aromatic amines is 1. The van der Waals surface area contributed by atoms with Crippen molar-refractivity contribution >= 4 is 46.0 Å². The van der Waals surface area contributed by atoms with Crippen molar-refractivity contribution in [3.05, 3.63) is 71.1 Å². The number of aromatic nitrogens is 4. The molecule has 162 valence electrons. The Labute approximate surface area is 187 Å². The second-order valence-electron chi connectivity index (χ2n) is 7.01. The Morgan fingerprint density at radius 3 is 2.34 bits per heavy atom. The van der Waals surface area contributed by atoms with E-state index in [-0.39, 0.29) is 17.4 Å². The van der Waals surface area contributed by atoms with Gasteiger partial charge >= 0.3 is 0 Å². The number of rotatable bonds is 6. The number of nitrogens with one attached hydrogen (secondary N) is 3. The van der Waals surface area contributed by atoms with Gasteiger partial charge in [-0.05, 0) is 43.3 Å². The van der Waals surface area contributed by atoms with E-state index >= 15 is 0 Å². The molecule has 0 saturated heterocycles. The van der Waals surface area contributed by atoms with Crippen LogP contribution in [0.2, 0.25) is 0 Å². The van der Waals surface area contributed by atoms with Gasteiger partial charge in [0, 0.05) is 18.3 Å². The molecule has 0 spiro atoms. The summed E-state index contributed by atoms with van der Waals surface area (Å²) in [5.41, 5.74) is 2.12. The molecule has 0 saturated carbocycles. The zero-order valence-corrected chi connectivity index (χ0v) is 18.1. The third-order valence-electron chi connectivity index (χ3n) is 4.55. The largest absolute Gasteiger partial charge is 0.326 e. The van der Waals surface area contributed by atoms with Crippen molar-refractivity contribution in [3.63, 3.8) is 0 Å². The molecule has 9 nitrogen and oxygen atoms in total. The monoisotopic (exact) mass is 448 g/mol. The van der Waals surface area contributed by atoms with Crippen molar-refractivity contribution < 1.29 is 9.59 Å². The minimum Gasteiger partial charge on any atom is -0.326 e. The van der Waals surface area contributed by atoms with Crippen molar-refractivity contribution in [3.8, 4) is 5.69 Å². The Morgan fingerprint density at radius 2 is 1.69 bits per heavy atom. The standard InChI is InChI=1S/C22H20N6O3S/c1-13(20(30)25-16-10-8-15(9-11-16)24-14(2)29)32-22-26-19-18(21(31)27-22)12-23-28(19)17-6-4-3-5-7-17/h3-13H,1-2H3,(H,24,29)(H,25,30)(H,26,27,31). The molecule has 2 amide bonds. The zero-order chi connectivity index (χ0) is 22.7. The van der Waals surface area contributed by atoms with E-state index in [4.69, 9.17) is 0 Å². The van der Waals surface area contributed by atoms with Gasteiger partial charge in [-0.15, -0.1) is 0 Å². The lowest BCUT2D eigenvalue weighted by Crippen LogP contribution is -2.23. The molecule has 32 heavy (non-hydrogen) atoms. The number of para-hydroxylation sites is 1. The van der Waals surface area contributed by atoms with Gasteiger partial charge in [-0.3, -0.25) is 14.4 Å². The highest BCUT2D eigenvalue weighted by Gasteiger charge is 2.18. The first kappa shape index (κ1) is 21.3. The maximum absolute atomic E-state index is 12.6. The van der Waals surface area contributed by atoms with E-state index in [2.05, 4.69) is 25.7 Å². The number of hydrogen-bond donors (Lipinski definition) is 3. The normalized spacial score (nSPS) is 11.8. The molecule has 0 aliphatic heterocycles. The van der Waals surface area contributed by atoms with Crippen LogP contribution in [0, 0.1) is 0 Å². The van der Waals surface area contributed by atoms with Gasteiger partial charge in [0.1, 0.15) is 5.39 Å². The maximum Gasteiger partial charge on any atom is 0.262 e. The van der Waals surface area contributed by atoms with Gasteiger partial charge in [0.15, 0.2) is 10.8 Å². The van der Waals surface area contributed by atoms with Crippen LogP contribution in [0.1, 0.15) is 13.8 Å². The molecule has 3 N–H and O–H groups in total. The highest BCUT2D eigenvalue weighted by Crippen LogP contribution is 2.23. The van der Waals surface area contributed by atoms with Crippen molar-refractivity contribution in [1.82, 2.24) is 19.7 Å². The Morgan fingerprint density at radius 1 is 1.03 bits per heavy atom. The lowest BCUT2D eigenvalue weighted by Gasteiger charge is -2.12. The van der Waals surface area contributed by atoms with Gasteiger partial charge in [0.05, 0.1) is 17.1 Å². The van der Waals surface area contributed by atoms with Gasteiger partial charge < -0.3 is 15.6 Å². The van der Waals surface area contributed by atoms with E-state index in [1.807, 2.05) is 30.3 Å². The molecule has 4 aromatic rings. The van der Waals surface area contributed by atoms with E-state index in [1.54, 1.807) is 35.9 Å². The third kappa shape index (κ3) is 4.70. The molecule has 2 aromatic carbocycles. The second-order valence-corrected chi connectivity index (χ2v) is 8.34. The molecule has 10 heteroatoms. The van der Waals surface area contributed by atoms with Crippen LogP contribution in [0.5, 0.6) is 0 Å². The quantitative estimate of drug-likeness (QED) is 0.308. The molecule has 2 heterocycles. The topological polar surface area (TPSA) is 122 Å². The van der Waals surface area contributed by atoms with Crippen LogP contribution in [0.3, 0.4) is 0 Å². The van der Waals surface area contributed by atoms with Gasteiger partial charge in [0.2, 0.25) is 11.8 Å². The van der Waals surface area contributed by atoms with Crippen LogP contribution in [0.4, 0.5) is 11.4 Å². The summed E-state index contributed by atoms with van der Waals surface area (Å²) in [6.45, 7) is 3.15. The molecule has 0 bridgehead atoms. The fourth-order valence-electron chi connectivity index (χ4n) is 3.02. The Balaban J connectivity index is 1.50. The number of carbonyl (C=O) groups is 2. The van der Waals surface area contributed by atoms with Gasteiger partial charge in [-0.1, -0.05) is 30.0 Å². The lowest BCUT2D eigenvalue weighted by atomic mass is 10.2. The molecule has 4 rings (SSSR count). The summed E-state index contributed by atoms with van der Waals surface area (Å²) in [5, 5.41) is 9.93. The first-order valence-electron chi connectivity index (χ1n) is 9.79. The number of benzene rings is 2. The van der Waals surface area contributed by atoms with Gasteiger partial charge in [-0.25, -0.2) is 9.67 Å². The number of nitrogens with zero attached hydrogens (tertiary/aromatic N) is 3. The number of anilines is 2. The van der Waals surface area contributed by atoms with Crippen LogP contribution in [-0.2, 0) is 9.59 Å². The molecule has 1 unspecified atom stereocenters. The highest BCUT2D eigenvalue weighted by molar-refractivity contribution is 8.00. The molecule has 0 aliphatic carbocycles. The van der Waals surface area contributed by atoms with Crippen molar-refractivity contribution in [1.29, 1.82) is 0 Å². The number of carbonyl (C=O) groups excluding carboxylic acids is 2. The van der Waals surface area contributed by atoms with E-state index in [1.165, 1.54) is 13.1 Å². The molecule has 1 atom stereocenters. The van der Waals surface area contributed by atoms with Crippen LogP contribution >= 0.6 is 11.8 Å². The summed E-state index contributed by atoms with van der Waals surface area (Å²) < 4.78 is 1.59. The first-order valence-corrected chi connectivity index (χ1v) is 10.7. The Kier molecular flexibility index (Phi) is 6.04. The van der Waals surface area contributed by atoms with Gasteiger partial charge in [0.25, 0.3) is 5.56 Å². The van der Waals surface area contributed by atoms with E-state index < -0.39 is 5.25 Å². The predicted molar refractivity (Wildman–Crippen MR) is 124 cm³/mol. The first-order chi connectivity index (χ1) is 15.4. The molecule has 2 aromatic heterocycles. The fraction of sp³-hybridized carbons (Fsp3) is 0.136. The number of fused-ring (bicyclic) bond motifs is 1. The Bertz CT molecular complexity index is 1330. The van der Waals surface area contributed by atoms with Crippen molar-refractivity contribution in [2.45, 2.75) is 24.3 Å². The summed E-state index contributed by atoms with van der Waals surface area (Å²) >= 11 is 1.14. The van der Waals surface area contributed by atoms with Crippen LogP contribution in [0.15, 0.2) is 70.7 Å². The second kappa shape index (κ2) is 9.06. The van der Waals surface area contributed by atoms with Crippen LogP contribution < -0.4 is 16.2 Å². The van der Waals surface area contributed by atoms with E-state index in [0.717, 1.165) is 17.4 Å². The average Bonchev–Trinajstić information content (AvgIpc) is 3.20. The lowest BCUT2D eigenvalue weighted by molar-refractivity contribution is -0.115. The van der Waals surface area contributed by atoms with E-state index in [9.17, 15) is 14.4 Å². The number of thioether (sulfide) groups is 1. The predicted octanol–water partition coefficient (Wildman–Crippen LogP) is 3.19. The zero-order valence-electron chi connectivity index (χ0n) is 17.3.